The van der Waals surface area contributed by atoms with E-state index >= 15 is 0 Å². The number of carboxylic acids is 1. The van der Waals surface area contributed by atoms with Gasteiger partial charge in [0.2, 0.25) is 0 Å². The van der Waals surface area contributed by atoms with Gasteiger partial charge in [-0.2, -0.15) is 5.10 Å². The fourth-order valence-electron chi connectivity index (χ4n) is 1.60. The van der Waals surface area contributed by atoms with Gasteiger partial charge in [0.1, 0.15) is 0 Å². The standard InChI is InChI=1S/C12H13N3O2/c16-11(17)6-3-7-13-12-10-5-2-1-4-9(10)8-14-15-12/h1-2,4-5,8H,3,6-7H2,(H,13,15)(H,16,17). The van der Waals surface area contributed by atoms with E-state index in [-0.39, 0.29) is 6.42 Å². The van der Waals surface area contributed by atoms with Crippen molar-refractivity contribution in [3.05, 3.63) is 30.5 Å². The molecule has 88 valence electrons. The molecule has 0 atom stereocenters. The second-order valence-corrected chi connectivity index (χ2v) is 3.70. The van der Waals surface area contributed by atoms with Gasteiger partial charge in [0, 0.05) is 23.7 Å². The highest BCUT2D eigenvalue weighted by Crippen LogP contribution is 2.18. The minimum Gasteiger partial charge on any atom is -0.481 e. The molecule has 0 spiro atoms. The van der Waals surface area contributed by atoms with Crippen molar-refractivity contribution in [2.45, 2.75) is 12.8 Å². The van der Waals surface area contributed by atoms with Gasteiger partial charge < -0.3 is 10.4 Å². The van der Waals surface area contributed by atoms with Gasteiger partial charge >= 0.3 is 5.97 Å². The Balaban J connectivity index is 2.05. The third-order valence-electron chi connectivity index (χ3n) is 2.43. The second-order valence-electron chi connectivity index (χ2n) is 3.70. The number of carbonyl (C=O) groups is 1. The molecule has 0 saturated carbocycles. The third kappa shape index (κ3) is 2.90. The topological polar surface area (TPSA) is 75.1 Å². The molecular weight excluding hydrogens is 218 g/mol. The third-order valence-corrected chi connectivity index (χ3v) is 2.43. The fraction of sp³-hybridized carbons (Fsp3) is 0.250. The number of fused-ring (bicyclic) bond motifs is 1. The first-order chi connectivity index (χ1) is 8.27. The Morgan fingerprint density at radius 3 is 3.00 bits per heavy atom. The lowest BCUT2D eigenvalue weighted by atomic mass is 10.2. The molecule has 2 rings (SSSR count). The summed E-state index contributed by atoms with van der Waals surface area (Å²) >= 11 is 0. The van der Waals surface area contributed by atoms with E-state index in [2.05, 4.69) is 15.5 Å². The maximum atomic E-state index is 10.4. The van der Waals surface area contributed by atoms with E-state index in [9.17, 15) is 4.79 Å². The fourth-order valence-corrected chi connectivity index (χ4v) is 1.60. The van der Waals surface area contributed by atoms with E-state index in [4.69, 9.17) is 5.11 Å². The lowest BCUT2D eigenvalue weighted by Crippen LogP contribution is -2.07. The number of hydrogen-bond donors (Lipinski definition) is 2. The first kappa shape index (κ1) is 11.3. The zero-order chi connectivity index (χ0) is 12.1. The molecular formula is C12H13N3O2. The molecule has 2 aromatic rings. The molecule has 1 heterocycles. The van der Waals surface area contributed by atoms with Crippen LogP contribution in [0.3, 0.4) is 0 Å². The van der Waals surface area contributed by atoms with Gasteiger partial charge in [-0.1, -0.05) is 24.3 Å². The van der Waals surface area contributed by atoms with Crippen molar-refractivity contribution in [1.82, 2.24) is 10.2 Å². The molecule has 0 aliphatic carbocycles. The molecule has 17 heavy (non-hydrogen) atoms. The van der Waals surface area contributed by atoms with Gasteiger partial charge in [-0.05, 0) is 6.42 Å². The molecule has 0 radical (unpaired) electrons. The van der Waals surface area contributed by atoms with Crippen LogP contribution in [0.25, 0.3) is 10.8 Å². The Hall–Kier alpha value is -2.17. The van der Waals surface area contributed by atoms with Crippen LogP contribution >= 0.6 is 0 Å². The Labute approximate surface area is 98.5 Å². The second kappa shape index (κ2) is 5.25. The van der Waals surface area contributed by atoms with Crippen molar-refractivity contribution in [3.63, 3.8) is 0 Å². The summed E-state index contributed by atoms with van der Waals surface area (Å²) in [6.07, 6.45) is 2.43. The van der Waals surface area contributed by atoms with Crippen molar-refractivity contribution in [3.8, 4) is 0 Å². The summed E-state index contributed by atoms with van der Waals surface area (Å²) in [5, 5.41) is 21.6. The summed E-state index contributed by atoms with van der Waals surface area (Å²) in [7, 11) is 0. The van der Waals surface area contributed by atoms with Crippen LogP contribution < -0.4 is 5.32 Å². The lowest BCUT2D eigenvalue weighted by molar-refractivity contribution is -0.137. The van der Waals surface area contributed by atoms with Crippen LogP contribution in [0.4, 0.5) is 5.82 Å². The molecule has 0 unspecified atom stereocenters. The maximum Gasteiger partial charge on any atom is 0.303 e. The minimum atomic E-state index is -0.782. The minimum absolute atomic E-state index is 0.158. The van der Waals surface area contributed by atoms with Crippen LogP contribution in [0.1, 0.15) is 12.8 Å². The largest absolute Gasteiger partial charge is 0.481 e. The number of aromatic nitrogens is 2. The van der Waals surface area contributed by atoms with Crippen LogP contribution in [0, 0.1) is 0 Å². The molecule has 2 N–H and O–H groups in total. The zero-order valence-corrected chi connectivity index (χ0v) is 9.26. The van der Waals surface area contributed by atoms with Crippen molar-refractivity contribution in [1.29, 1.82) is 0 Å². The summed E-state index contributed by atoms with van der Waals surface area (Å²) in [6.45, 7) is 0.578. The van der Waals surface area contributed by atoms with E-state index in [0.29, 0.717) is 18.8 Å². The van der Waals surface area contributed by atoms with Crippen LogP contribution in [0.2, 0.25) is 0 Å². The molecule has 0 bridgehead atoms. The van der Waals surface area contributed by atoms with Gasteiger partial charge in [0.25, 0.3) is 0 Å². The molecule has 1 aromatic carbocycles. The molecule has 5 nitrogen and oxygen atoms in total. The number of nitrogens with zero attached hydrogens (tertiary/aromatic N) is 2. The predicted molar refractivity (Wildman–Crippen MR) is 64.9 cm³/mol. The summed E-state index contributed by atoms with van der Waals surface area (Å²) in [6, 6.07) is 7.81. The predicted octanol–water partition coefficient (Wildman–Crippen LogP) is 1.91. The Kier molecular flexibility index (Phi) is 3.49. The molecule has 0 amide bonds. The average Bonchev–Trinajstić information content (AvgIpc) is 2.34. The number of rotatable bonds is 5. The van der Waals surface area contributed by atoms with Crippen LogP contribution in [-0.4, -0.2) is 27.8 Å². The summed E-state index contributed by atoms with van der Waals surface area (Å²) < 4.78 is 0. The van der Waals surface area contributed by atoms with Gasteiger partial charge in [0.05, 0.1) is 6.20 Å². The monoisotopic (exact) mass is 231 g/mol. The average molecular weight is 231 g/mol. The highest BCUT2D eigenvalue weighted by atomic mass is 16.4. The SMILES string of the molecule is O=C(O)CCCNc1nncc2ccccc12. The molecule has 0 saturated heterocycles. The van der Waals surface area contributed by atoms with Gasteiger partial charge in [-0.25, -0.2) is 0 Å². The molecule has 0 fully saturated rings. The van der Waals surface area contributed by atoms with E-state index in [1.165, 1.54) is 0 Å². The number of carboxylic acid groups (broad SMARTS) is 1. The van der Waals surface area contributed by atoms with Gasteiger partial charge in [-0.15, -0.1) is 5.10 Å². The maximum absolute atomic E-state index is 10.4. The smallest absolute Gasteiger partial charge is 0.303 e. The normalized spacial score (nSPS) is 10.4. The number of anilines is 1. The summed E-state index contributed by atoms with van der Waals surface area (Å²) in [4.78, 5) is 10.4. The molecule has 5 heteroatoms. The van der Waals surface area contributed by atoms with Gasteiger partial charge in [-0.3, -0.25) is 4.79 Å². The Morgan fingerprint density at radius 2 is 2.18 bits per heavy atom. The van der Waals surface area contributed by atoms with E-state index in [1.807, 2.05) is 24.3 Å². The van der Waals surface area contributed by atoms with E-state index < -0.39 is 5.97 Å². The first-order valence-corrected chi connectivity index (χ1v) is 5.43. The van der Waals surface area contributed by atoms with Crippen molar-refractivity contribution in [2.75, 3.05) is 11.9 Å². The molecule has 1 aromatic heterocycles. The van der Waals surface area contributed by atoms with Crippen LogP contribution in [0.15, 0.2) is 30.5 Å². The molecule has 0 aliphatic rings. The highest BCUT2D eigenvalue weighted by molar-refractivity contribution is 5.90. The van der Waals surface area contributed by atoms with Crippen molar-refractivity contribution in [2.24, 2.45) is 0 Å². The van der Waals surface area contributed by atoms with Crippen LogP contribution in [0.5, 0.6) is 0 Å². The van der Waals surface area contributed by atoms with E-state index in [1.54, 1.807) is 6.20 Å². The summed E-state index contributed by atoms with van der Waals surface area (Å²) in [5.74, 6) is -0.0794. The van der Waals surface area contributed by atoms with Crippen LogP contribution in [-0.2, 0) is 4.79 Å². The Bertz CT molecular complexity index is 523. The van der Waals surface area contributed by atoms with Crippen molar-refractivity contribution < 1.29 is 9.90 Å². The van der Waals surface area contributed by atoms with E-state index in [0.717, 1.165) is 10.8 Å². The Morgan fingerprint density at radius 1 is 1.35 bits per heavy atom. The summed E-state index contributed by atoms with van der Waals surface area (Å²) in [5.41, 5.74) is 0. The lowest BCUT2D eigenvalue weighted by Gasteiger charge is -2.06. The zero-order valence-electron chi connectivity index (χ0n) is 9.26. The highest BCUT2D eigenvalue weighted by Gasteiger charge is 2.02. The first-order valence-electron chi connectivity index (χ1n) is 5.43. The number of benzene rings is 1. The van der Waals surface area contributed by atoms with Crippen molar-refractivity contribution >= 4 is 22.6 Å². The number of aliphatic carboxylic acids is 1. The van der Waals surface area contributed by atoms with Gasteiger partial charge in [0.15, 0.2) is 5.82 Å². The molecule has 0 aliphatic heterocycles. The number of nitrogens with one attached hydrogen (secondary N) is 1. The number of hydrogen-bond acceptors (Lipinski definition) is 4. The quantitative estimate of drug-likeness (QED) is 0.769.